The zero-order valence-corrected chi connectivity index (χ0v) is 10.5. The summed E-state index contributed by atoms with van der Waals surface area (Å²) in [6.45, 7) is 3.09. The van der Waals surface area contributed by atoms with Crippen LogP contribution in [0, 0.1) is 0 Å². The monoisotopic (exact) mass is 256 g/mol. The zero-order valence-electron chi connectivity index (χ0n) is 9.72. The van der Waals surface area contributed by atoms with Crippen molar-refractivity contribution in [1.29, 1.82) is 0 Å². The van der Waals surface area contributed by atoms with Gasteiger partial charge in [0.15, 0.2) is 9.84 Å². The van der Waals surface area contributed by atoms with E-state index >= 15 is 0 Å². The lowest BCUT2D eigenvalue weighted by atomic mass is 10.3. The molecule has 5 nitrogen and oxygen atoms in total. The van der Waals surface area contributed by atoms with Gasteiger partial charge in [0.25, 0.3) is 0 Å². The molecule has 1 heterocycles. The summed E-state index contributed by atoms with van der Waals surface area (Å²) >= 11 is 0. The first kappa shape index (κ1) is 12.3. The van der Waals surface area contributed by atoms with E-state index in [1.165, 1.54) is 6.26 Å². The molecule has 0 aliphatic carbocycles. The van der Waals surface area contributed by atoms with Crippen molar-refractivity contribution in [3.8, 4) is 0 Å². The Bertz CT molecular complexity index is 464. The smallest absolute Gasteiger partial charge is 0.175 e. The van der Waals surface area contributed by atoms with Crippen molar-refractivity contribution in [2.45, 2.75) is 4.90 Å². The summed E-state index contributed by atoms with van der Waals surface area (Å²) in [5.41, 5.74) is 4.11. The van der Waals surface area contributed by atoms with Crippen LogP contribution in [-0.2, 0) is 14.6 Å². The van der Waals surface area contributed by atoms with Gasteiger partial charge in [0, 0.05) is 25.0 Å². The van der Waals surface area contributed by atoms with Gasteiger partial charge in [0.1, 0.15) is 0 Å². The maximum Gasteiger partial charge on any atom is 0.175 e. The third-order valence-electron chi connectivity index (χ3n) is 2.58. The molecule has 1 saturated heterocycles. The molecule has 1 aliphatic rings. The second-order valence-corrected chi connectivity index (χ2v) is 6.02. The fourth-order valence-electron chi connectivity index (χ4n) is 1.63. The standard InChI is InChI=1S/C11H16N2O3S/c1-17(14,15)11-4-2-10(3-5-11)12-13-6-8-16-9-7-13/h2-5,12H,6-9H2,1H3. The summed E-state index contributed by atoms with van der Waals surface area (Å²) in [6.07, 6.45) is 1.21. The van der Waals surface area contributed by atoms with Gasteiger partial charge in [-0.15, -0.1) is 0 Å². The normalized spacial score (nSPS) is 17.9. The number of hydrazine groups is 1. The Morgan fingerprint density at radius 1 is 1.18 bits per heavy atom. The number of benzene rings is 1. The molecule has 1 aliphatic heterocycles. The molecule has 0 radical (unpaired) electrons. The Hall–Kier alpha value is -1.11. The summed E-state index contributed by atoms with van der Waals surface area (Å²) in [7, 11) is -3.11. The van der Waals surface area contributed by atoms with Crippen molar-refractivity contribution >= 4 is 15.5 Å². The topological polar surface area (TPSA) is 58.6 Å². The Morgan fingerprint density at radius 2 is 1.76 bits per heavy atom. The van der Waals surface area contributed by atoms with Crippen molar-refractivity contribution in [3.05, 3.63) is 24.3 Å². The highest BCUT2D eigenvalue weighted by Gasteiger charge is 2.10. The largest absolute Gasteiger partial charge is 0.379 e. The summed E-state index contributed by atoms with van der Waals surface area (Å²) in [6, 6.07) is 6.76. The number of morpholine rings is 1. The van der Waals surface area contributed by atoms with Gasteiger partial charge in [0.05, 0.1) is 18.1 Å². The Morgan fingerprint density at radius 3 is 2.29 bits per heavy atom. The minimum atomic E-state index is -3.11. The van der Waals surface area contributed by atoms with Gasteiger partial charge in [-0.2, -0.15) is 0 Å². The second-order valence-electron chi connectivity index (χ2n) is 4.01. The molecular formula is C11H16N2O3S. The lowest BCUT2D eigenvalue weighted by Gasteiger charge is -2.27. The van der Waals surface area contributed by atoms with Crippen LogP contribution in [0.15, 0.2) is 29.2 Å². The number of nitrogens with zero attached hydrogens (tertiary/aromatic N) is 1. The Balaban J connectivity index is 2.03. The maximum atomic E-state index is 11.3. The van der Waals surface area contributed by atoms with E-state index in [1.54, 1.807) is 24.3 Å². The molecule has 0 bridgehead atoms. The van der Waals surface area contributed by atoms with Crippen molar-refractivity contribution < 1.29 is 13.2 Å². The summed E-state index contributed by atoms with van der Waals surface area (Å²) in [4.78, 5) is 0.338. The molecule has 0 spiro atoms. The fourth-order valence-corrected chi connectivity index (χ4v) is 2.26. The van der Waals surface area contributed by atoms with Crippen molar-refractivity contribution in [3.63, 3.8) is 0 Å². The highest BCUT2D eigenvalue weighted by atomic mass is 32.2. The average molecular weight is 256 g/mol. The van der Waals surface area contributed by atoms with Crippen LogP contribution in [0.2, 0.25) is 0 Å². The molecule has 1 N–H and O–H groups in total. The number of sulfone groups is 1. The van der Waals surface area contributed by atoms with Crippen LogP contribution in [0.25, 0.3) is 0 Å². The minimum absolute atomic E-state index is 0.338. The van der Waals surface area contributed by atoms with Crippen LogP contribution in [0.1, 0.15) is 0 Å². The molecule has 0 atom stereocenters. The van der Waals surface area contributed by atoms with Crippen molar-refractivity contribution in [2.75, 3.05) is 38.0 Å². The second kappa shape index (κ2) is 5.03. The highest BCUT2D eigenvalue weighted by Crippen LogP contribution is 2.14. The first-order valence-electron chi connectivity index (χ1n) is 5.45. The molecule has 1 aromatic carbocycles. The molecule has 0 saturated carbocycles. The number of ether oxygens (including phenoxy) is 1. The number of nitrogens with one attached hydrogen (secondary N) is 1. The van der Waals surface area contributed by atoms with E-state index in [0.717, 1.165) is 18.8 Å². The van der Waals surface area contributed by atoms with E-state index in [9.17, 15) is 8.42 Å². The lowest BCUT2D eigenvalue weighted by molar-refractivity contribution is 0.0497. The number of hydrogen-bond acceptors (Lipinski definition) is 5. The van der Waals surface area contributed by atoms with Gasteiger partial charge >= 0.3 is 0 Å². The molecule has 2 rings (SSSR count). The van der Waals surface area contributed by atoms with E-state index in [0.29, 0.717) is 18.1 Å². The number of hydrogen-bond donors (Lipinski definition) is 1. The van der Waals surface area contributed by atoms with Gasteiger partial charge in [-0.1, -0.05) is 0 Å². The molecule has 6 heteroatoms. The Labute approximate surface area is 101 Å². The summed E-state index contributed by atoms with van der Waals surface area (Å²) in [5, 5.41) is 2.05. The van der Waals surface area contributed by atoms with Crippen LogP contribution >= 0.6 is 0 Å². The first-order valence-corrected chi connectivity index (χ1v) is 7.34. The number of anilines is 1. The van der Waals surface area contributed by atoms with Gasteiger partial charge in [0.2, 0.25) is 0 Å². The minimum Gasteiger partial charge on any atom is -0.379 e. The Kier molecular flexibility index (Phi) is 3.66. The maximum absolute atomic E-state index is 11.3. The molecule has 17 heavy (non-hydrogen) atoms. The van der Waals surface area contributed by atoms with Gasteiger partial charge in [-0.25, -0.2) is 13.4 Å². The van der Waals surface area contributed by atoms with Crippen LogP contribution in [-0.4, -0.2) is 46.0 Å². The number of rotatable bonds is 3. The SMILES string of the molecule is CS(=O)(=O)c1ccc(NN2CCOCC2)cc1. The molecule has 1 fully saturated rings. The molecule has 1 aromatic rings. The average Bonchev–Trinajstić information content (AvgIpc) is 2.30. The van der Waals surface area contributed by atoms with Crippen LogP contribution in [0.4, 0.5) is 5.69 Å². The van der Waals surface area contributed by atoms with Crippen LogP contribution in [0.5, 0.6) is 0 Å². The highest BCUT2D eigenvalue weighted by molar-refractivity contribution is 7.90. The quantitative estimate of drug-likeness (QED) is 0.865. The molecule has 0 amide bonds. The van der Waals surface area contributed by atoms with Crippen molar-refractivity contribution in [1.82, 2.24) is 5.01 Å². The third-order valence-corrected chi connectivity index (χ3v) is 3.71. The van der Waals surface area contributed by atoms with E-state index < -0.39 is 9.84 Å². The molecule has 0 unspecified atom stereocenters. The third kappa shape index (κ3) is 3.42. The predicted molar refractivity (Wildman–Crippen MR) is 65.6 cm³/mol. The zero-order chi connectivity index (χ0) is 12.3. The van der Waals surface area contributed by atoms with E-state index in [1.807, 2.05) is 0 Å². The summed E-state index contributed by atoms with van der Waals surface area (Å²) < 4.78 is 27.8. The summed E-state index contributed by atoms with van der Waals surface area (Å²) in [5.74, 6) is 0. The van der Waals surface area contributed by atoms with Gasteiger partial charge < -0.3 is 10.2 Å². The van der Waals surface area contributed by atoms with Crippen LogP contribution in [0.3, 0.4) is 0 Å². The predicted octanol–water partition coefficient (Wildman–Crippen LogP) is 0.749. The fraction of sp³-hybridized carbons (Fsp3) is 0.455. The lowest BCUT2D eigenvalue weighted by Crippen LogP contribution is -2.40. The first-order chi connectivity index (χ1) is 8.05. The van der Waals surface area contributed by atoms with Crippen molar-refractivity contribution in [2.24, 2.45) is 0 Å². The van der Waals surface area contributed by atoms with E-state index in [-0.39, 0.29) is 0 Å². The van der Waals surface area contributed by atoms with Gasteiger partial charge in [-0.05, 0) is 24.3 Å². The van der Waals surface area contributed by atoms with Gasteiger partial charge in [-0.3, -0.25) is 0 Å². The van der Waals surface area contributed by atoms with Crippen LogP contribution < -0.4 is 5.43 Å². The van der Waals surface area contributed by atoms with E-state index in [2.05, 4.69) is 10.4 Å². The molecular weight excluding hydrogens is 240 g/mol. The van der Waals surface area contributed by atoms with E-state index in [4.69, 9.17) is 4.74 Å². The molecule has 94 valence electrons. The molecule has 0 aromatic heterocycles.